The third-order valence-corrected chi connectivity index (χ3v) is 6.17. The van der Waals surface area contributed by atoms with Crippen molar-refractivity contribution < 1.29 is 9.90 Å². The molecule has 2 saturated carbocycles. The molecule has 2 N–H and O–H groups in total. The van der Waals surface area contributed by atoms with Crippen molar-refractivity contribution in [2.24, 2.45) is 5.92 Å². The number of nitrogens with zero attached hydrogens (tertiary/aromatic N) is 2. The van der Waals surface area contributed by atoms with Crippen LogP contribution in [0.4, 0.5) is 0 Å². The van der Waals surface area contributed by atoms with Gasteiger partial charge in [0, 0.05) is 11.8 Å². The summed E-state index contributed by atoms with van der Waals surface area (Å²) in [4.78, 5) is 11.8. The summed E-state index contributed by atoms with van der Waals surface area (Å²) in [5.41, 5.74) is 1.05. The summed E-state index contributed by atoms with van der Waals surface area (Å²) in [7, 11) is 0. The number of carboxylic acid groups (broad SMARTS) is 1. The lowest BCUT2D eigenvalue weighted by Gasteiger charge is -2.32. The molecule has 2 aliphatic rings. The number of aromatic nitrogens is 2. The summed E-state index contributed by atoms with van der Waals surface area (Å²) in [6, 6.07) is 0.433. The summed E-state index contributed by atoms with van der Waals surface area (Å²) in [6.07, 6.45) is 5.98. The summed E-state index contributed by atoms with van der Waals surface area (Å²) in [6.45, 7) is 0. The first kappa shape index (κ1) is 14.3. The van der Waals surface area contributed by atoms with Gasteiger partial charge in [0.2, 0.25) is 0 Å². The second-order valence-corrected chi connectivity index (χ2v) is 7.80. The van der Waals surface area contributed by atoms with Gasteiger partial charge in [-0.25, -0.2) is 0 Å². The molecule has 110 valence electrons. The van der Waals surface area contributed by atoms with Crippen molar-refractivity contribution in [3.63, 3.8) is 0 Å². The van der Waals surface area contributed by atoms with Crippen LogP contribution in [0.3, 0.4) is 0 Å². The zero-order chi connectivity index (χ0) is 14.0. The van der Waals surface area contributed by atoms with Crippen LogP contribution in [0.1, 0.15) is 38.5 Å². The van der Waals surface area contributed by atoms with Gasteiger partial charge in [-0.3, -0.25) is 10.1 Å². The van der Waals surface area contributed by atoms with Gasteiger partial charge < -0.3 is 5.11 Å². The summed E-state index contributed by atoms with van der Waals surface area (Å²) in [5.74, 6) is 0.496. The van der Waals surface area contributed by atoms with E-state index in [-0.39, 0.29) is 5.92 Å². The van der Waals surface area contributed by atoms with Crippen molar-refractivity contribution in [3.8, 4) is 0 Å². The molecule has 0 aromatic carbocycles. The van der Waals surface area contributed by atoms with Gasteiger partial charge in [0.15, 0.2) is 4.34 Å². The topological polar surface area (TPSA) is 75.1 Å². The molecule has 5 nitrogen and oxygen atoms in total. The fraction of sp³-hybridized carbons (Fsp3) is 0.769. The van der Waals surface area contributed by atoms with E-state index < -0.39 is 11.5 Å². The molecule has 0 bridgehead atoms. The van der Waals surface area contributed by atoms with Gasteiger partial charge in [0.05, 0.1) is 0 Å². The monoisotopic (exact) mass is 313 g/mol. The molecular weight excluding hydrogens is 294 g/mol. The molecule has 2 fully saturated rings. The first-order valence-corrected chi connectivity index (χ1v) is 8.97. The van der Waals surface area contributed by atoms with Gasteiger partial charge >= 0.3 is 5.97 Å². The maximum absolute atomic E-state index is 11.8. The Balaban J connectivity index is 1.59. The predicted molar refractivity (Wildman–Crippen MR) is 79.1 cm³/mol. The number of thioether (sulfide) groups is 1. The van der Waals surface area contributed by atoms with Gasteiger partial charge in [0.1, 0.15) is 11.0 Å². The Morgan fingerprint density at radius 1 is 1.55 bits per heavy atom. The number of aliphatic carboxylic acids is 1. The second kappa shape index (κ2) is 5.99. The Hall–Kier alpha value is -0.660. The normalized spacial score (nSPS) is 29.7. The van der Waals surface area contributed by atoms with Crippen molar-refractivity contribution in [2.45, 2.75) is 54.4 Å². The molecule has 1 heterocycles. The molecule has 2 atom stereocenters. The Labute approximate surface area is 126 Å². The smallest absolute Gasteiger partial charge is 0.324 e. The standard InChI is InChI=1S/C13H19N3O2S2/c17-11(18)13(15-10-3-4-10)6-1-2-9(13)5-7-19-12-16-14-8-20-12/h8-10,15H,1-7H2,(H,17,18). The molecule has 1 aromatic heterocycles. The van der Waals surface area contributed by atoms with Crippen LogP contribution in [0.5, 0.6) is 0 Å². The average Bonchev–Trinajstić information content (AvgIpc) is 2.91. The average molecular weight is 313 g/mol. The van der Waals surface area contributed by atoms with Crippen LogP contribution in [0.15, 0.2) is 9.85 Å². The van der Waals surface area contributed by atoms with Crippen molar-refractivity contribution in [1.29, 1.82) is 0 Å². The molecule has 0 spiro atoms. The van der Waals surface area contributed by atoms with E-state index in [0.717, 1.165) is 48.6 Å². The van der Waals surface area contributed by atoms with Crippen molar-refractivity contribution in [2.75, 3.05) is 5.75 Å². The predicted octanol–water partition coefficient (Wildman–Crippen LogP) is 2.40. The molecule has 2 aliphatic carbocycles. The highest BCUT2D eigenvalue weighted by molar-refractivity contribution is 8.00. The molecule has 0 amide bonds. The molecule has 20 heavy (non-hydrogen) atoms. The maximum Gasteiger partial charge on any atom is 0.324 e. The van der Waals surface area contributed by atoms with E-state index in [9.17, 15) is 9.90 Å². The minimum atomic E-state index is -0.678. The van der Waals surface area contributed by atoms with Crippen LogP contribution in [-0.2, 0) is 4.79 Å². The van der Waals surface area contributed by atoms with Crippen LogP contribution >= 0.6 is 23.1 Å². The van der Waals surface area contributed by atoms with Crippen molar-refractivity contribution in [1.82, 2.24) is 15.5 Å². The minimum absolute atomic E-state index is 0.237. The van der Waals surface area contributed by atoms with Gasteiger partial charge in [-0.15, -0.1) is 10.2 Å². The van der Waals surface area contributed by atoms with Crippen LogP contribution in [-0.4, -0.2) is 38.6 Å². The molecule has 0 aliphatic heterocycles. The number of carbonyl (C=O) groups is 1. The van der Waals surface area contributed by atoms with E-state index in [2.05, 4.69) is 15.5 Å². The number of hydrogen-bond acceptors (Lipinski definition) is 6. The van der Waals surface area contributed by atoms with E-state index in [4.69, 9.17) is 0 Å². The fourth-order valence-electron chi connectivity index (χ4n) is 3.11. The summed E-state index contributed by atoms with van der Waals surface area (Å²) in [5, 5.41) is 21.0. The van der Waals surface area contributed by atoms with Crippen LogP contribution in [0.2, 0.25) is 0 Å². The highest BCUT2D eigenvalue weighted by Gasteiger charge is 2.50. The van der Waals surface area contributed by atoms with Crippen molar-refractivity contribution >= 4 is 29.1 Å². The van der Waals surface area contributed by atoms with E-state index in [1.54, 1.807) is 28.6 Å². The zero-order valence-electron chi connectivity index (χ0n) is 11.2. The van der Waals surface area contributed by atoms with E-state index in [1.165, 1.54) is 0 Å². The van der Waals surface area contributed by atoms with E-state index in [0.29, 0.717) is 6.04 Å². The SMILES string of the molecule is O=C(O)C1(NC2CC2)CCCC1CCSc1nncs1. The number of nitrogens with one attached hydrogen (secondary N) is 1. The van der Waals surface area contributed by atoms with Crippen LogP contribution in [0, 0.1) is 5.92 Å². The Kier molecular flexibility index (Phi) is 4.28. The Morgan fingerprint density at radius 2 is 2.40 bits per heavy atom. The minimum Gasteiger partial charge on any atom is -0.480 e. The van der Waals surface area contributed by atoms with Crippen LogP contribution in [0.25, 0.3) is 0 Å². The molecule has 3 rings (SSSR count). The quantitative estimate of drug-likeness (QED) is 0.753. The Bertz CT molecular complexity index is 464. The first-order chi connectivity index (χ1) is 9.71. The molecule has 0 radical (unpaired) electrons. The second-order valence-electron chi connectivity index (χ2n) is 5.63. The van der Waals surface area contributed by atoms with Gasteiger partial charge in [-0.05, 0) is 38.0 Å². The Morgan fingerprint density at radius 3 is 3.05 bits per heavy atom. The number of carboxylic acids is 1. The molecule has 0 saturated heterocycles. The largest absolute Gasteiger partial charge is 0.480 e. The number of hydrogen-bond donors (Lipinski definition) is 2. The van der Waals surface area contributed by atoms with Crippen molar-refractivity contribution in [3.05, 3.63) is 5.51 Å². The van der Waals surface area contributed by atoms with Gasteiger partial charge in [0.25, 0.3) is 0 Å². The van der Waals surface area contributed by atoms with E-state index >= 15 is 0 Å². The maximum atomic E-state index is 11.8. The fourth-order valence-corrected chi connectivity index (χ4v) is 4.72. The third-order valence-electron chi connectivity index (χ3n) is 4.27. The number of rotatable bonds is 7. The molecule has 2 unspecified atom stereocenters. The lowest BCUT2D eigenvalue weighted by atomic mass is 9.85. The molecule has 7 heteroatoms. The lowest BCUT2D eigenvalue weighted by molar-refractivity contribution is -0.146. The van der Waals surface area contributed by atoms with Gasteiger partial charge in [-0.1, -0.05) is 29.5 Å². The zero-order valence-corrected chi connectivity index (χ0v) is 12.9. The first-order valence-electron chi connectivity index (χ1n) is 7.11. The van der Waals surface area contributed by atoms with E-state index in [1.807, 2.05) is 0 Å². The highest BCUT2D eigenvalue weighted by atomic mass is 32.2. The summed E-state index contributed by atoms with van der Waals surface area (Å²) < 4.78 is 0.971. The third kappa shape index (κ3) is 2.99. The summed E-state index contributed by atoms with van der Waals surface area (Å²) >= 11 is 3.23. The van der Waals surface area contributed by atoms with Crippen LogP contribution < -0.4 is 5.32 Å². The van der Waals surface area contributed by atoms with Gasteiger partial charge in [-0.2, -0.15) is 0 Å². The molecular formula is C13H19N3O2S2. The molecule has 1 aromatic rings. The highest BCUT2D eigenvalue weighted by Crippen LogP contribution is 2.41. The lowest BCUT2D eigenvalue weighted by Crippen LogP contribution is -2.55.